The first-order chi connectivity index (χ1) is 10.8. The van der Waals surface area contributed by atoms with Crippen molar-refractivity contribution >= 4 is 27.4 Å². The fourth-order valence-corrected chi connectivity index (χ4v) is 3.54. The zero-order chi connectivity index (χ0) is 15.1. The van der Waals surface area contributed by atoms with Crippen molar-refractivity contribution < 1.29 is 0 Å². The summed E-state index contributed by atoms with van der Waals surface area (Å²) < 4.78 is 2.23. The van der Waals surface area contributed by atoms with Gasteiger partial charge in [-0.1, -0.05) is 48.5 Å². The third-order valence-corrected chi connectivity index (χ3v) is 4.61. The molecule has 0 aliphatic rings. The first-order valence-corrected chi connectivity index (χ1v) is 7.98. The van der Waals surface area contributed by atoms with Gasteiger partial charge in [0, 0.05) is 28.9 Å². The standard InChI is InChI=1S/C18H15N3S/c1-21-15-10-6-5-9-13(15)16(14-11-22-18(19)20-14)17(21)12-7-3-2-4-8-12/h2-11H,1H3,(H2,19,20). The van der Waals surface area contributed by atoms with Crippen molar-refractivity contribution in [2.24, 2.45) is 7.05 Å². The first-order valence-electron chi connectivity index (χ1n) is 7.10. The molecule has 0 spiro atoms. The number of para-hydroxylation sites is 1. The van der Waals surface area contributed by atoms with E-state index in [0.717, 1.165) is 11.3 Å². The average Bonchev–Trinajstić information content (AvgIpc) is 3.10. The topological polar surface area (TPSA) is 43.8 Å². The Kier molecular flexibility index (Phi) is 2.98. The van der Waals surface area contributed by atoms with E-state index in [0.29, 0.717) is 5.13 Å². The molecule has 2 aromatic heterocycles. The minimum Gasteiger partial charge on any atom is -0.375 e. The predicted molar refractivity (Wildman–Crippen MR) is 93.9 cm³/mol. The molecular formula is C18H15N3S. The van der Waals surface area contributed by atoms with Crippen LogP contribution in [0, 0.1) is 0 Å². The predicted octanol–water partition coefficient (Wildman–Crippen LogP) is 4.55. The zero-order valence-electron chi connectivity index (χ0n) is 12.2. The average molecular weight is 305 g/mol. The van der Waals surface area contributed by atoms with E-state index in [1.54, 1.807) is 0 Å². The van der Waals surface area contributed by atoms with Crippen LogP contribution < -0.4 is 5.73 Å². The van der Waals surface area contributed by atoms with E-state index in [1.807, 2.05) is 11.4 Å². The Hall–Kier alpha value is -2.59. The number of nitrogen functional groups attached to an aromatic ring is 1. The maximum absolute atomic E-state index is 5.86. The summed E-state index contributed by atoms with van der Waals surface area (Å²) in [6.07, 6.45) is 0. The number of anilines is 1. The van der Waals surface area contributed by atoms with Crippen LogP contribution in [-0.2, 0) is 7.05 Å². The second kappa shape index (κ2) is 5.00. The van der Waals surface area contributed by atoms with Crippen molar-refractivity contribution in [3.05, 3.63) is 60.0 Å². The molecule has 2 heterocycles. The van der Waals surface area contributed by atoms with Crippen LogP contribution in [0.1, 0.15) is 0 Å². The van der Waals surface area contributed by atoms with Gasteiger partial charge in [0.1, 0.15) is 0 Å². The molecule has 2 N–H and O–H groups in total. The van der Waals surface area contributed by atoms with Gasteiger partial charge in [0.25, 0.3) is 0 Å². The van der Waals surface area contributed by atoms with Crippen LogP contribution in [0.3, 0.4) is 0 Å². The van der Waals surface area contributed by atoms with Gasteiger partial charge in [-0.3, -0.25) is 0 Å². The number of benzene rings is 2. The molecule has 0 amide bonds. The number of rotatable bonds is 2. The third-order valence-electron chi connectivity index (χ3n) is 3.93. The van der Waals surface area contributed by atoms with Crippen molar-refractivity contribution in [2.45, 2.75) is 0 Å². The summed E-state index contributed by atoms with van der Waals surface area (Å²) in [5.74, 6) is 0. The Balaban J connectivity index is 2.13. The second-order valence-corrected chi connectivity index (χ2v) is 6.13. The SMILES string of the molecule is Cn1c(-c2ccccc2)c(-c2csc(N)n2)c2ccccc21. The molecule has 0 atom stereocenters. The van der Waals surface area contributed by atoms with Crippen LogP contribution in [0.15, 0.2) is 60.0 Å². The van der Waals surface area contributed by atoms with Gasteiger partial charge < -0.3 is 10.3 Å². The number of hydrogen-bond acceptors (Lipinski definition) is 3. The van der Waals surface area contributed by atoms with Gasteiger partial charge in [0.15, 0.2) is 5.13 Å². The molecule has 22 heavy (non-hydrogen) atoms. The van der Waals surface area contributed by atoms with E-state index >= 15 is 0 Å². The van der Waals surface area contributed by atoms with Gasteiger partial charge in [-0.15, -0.1) is 11.3 Å². The molecule has 0 bridgehead atoms. The first kappa shape index (κ1) is 13.1. The number of aryl methyl sites for hydroxylation is 1. The number of nitrogens with two attached hydrogens (primary N) is 1. The van der Waals surface area contributed by atoms with Gasteiger partial charge in [0.2, 0.25) is 0 Å². The Morgan fingerprint density at radius 3 is 2.45 bits per heavy atom. The Bertz CT molecular complexity index is 951. The zero-order valence-corrected chi connectivity index (χ0v) is 13.0. The molecule has 0 saturated carbocycles. The summed E-state index contributed by atoms with van der Waals surface area (Å²) >= 11 is 1.48. The minimum absolute atomic E-state index is 0.599. The van der Waals surface area contributed by atoms with E-state index in [9.17, 15) is 0 Å². The van der Waals surface area contributed by atoms with Gasteiger partial charge in [-0.2, -0.15) is 0 Å². The normalized spacial score (nSPS) is 11.1. The lowest BCUT2D eigenvalue weighted by Crippen LogP contribution is -1.92. The monoisotopic (exact) mass is 305 g/mol. The molecule has 2 aromatic carbocycles. The van der Waals surface area contributed by atoms with Crippen LogP contribution >= 0.6 is 11.3 Å². The molecule has 0 aliphatic heterocycles. The van der Waals surface area contributed by atoms with E-state index in [2.05, 4.69) is 65.1 Å². The molecule has 4 heteroatoms. The van der Waals surface area contributed by atoms with Gasteiger partial charge in [-0.05, 0) is 11.6 Å². The number of fused-ring (bicyclic) bond motifs is 1. The highest BCUT2D eigenvalue weighted by Crippen LogP contribution is 2.40. The van der Waals surface area contributed by atoms with E-state index in [4.69, 9.17) is 5.73 Å². The molecular weight excluding hydrogens is 290 g/mol. The van der Waals surface area contributed by atoms with Crippen molar-refractivity contribution in [3.63, 3.8) is 0 Å². The number of hydrogen-bond donors (Lipinski definition) is 1. The van der Waals surface area contributed by atoms with Crippen molar-refractivity contribution in [1.29, 1.82) is 0 Å². The second-order valence-electron chi connectivity index (χ2n) is 5.24. The lowest BCUT2D eigenvalue weighted by molar-refractivity contribution is 0.978. The summed E-state index contributed by atoms with van der Waals surface area (Å²) in [5.41, 5.74) is 11.5. The highest BCUT2D eigenvalue weighted by atomic mass is 32.1. The Morgan fingerprint density at radius 2 is 1.73 bits per heavy atom. The lowest BCUT2D eigenvalue weighted by atomic mass is 10.0. The molecule has 0 aliphatic carbocycles. The van der Waals surface area contributed by atoms with E-state index < -0.39 is 0 Å². The fourth-order valence-electron chi connectivity index (χ4n) is 2.99. The lowest BCUT2D eigenvalue weighted by Gasteiger charge is -2.07. The molecule has 4 aromatic rings. The number of nitrogens with zero attached hydrogens (tertiary/aromatic N) is 2. The van der Waals surface area contributed by atoms with Crippen molar-refractivity contribution in [3.8, 4) is 22.5 Å². The smallest absolute Gasteiger partial charge is 0.180 e. The van der Waals surface area contributed by atoms with Crippen molar-refractivity contribution in [1.82, 2.24) is 9.55 Å². The van der Waals surface area contributed by atoms with Gasteiger partial charge in [0.05, 0.1) is 11.4 Å². The minimum atomic E-state index is 0.599. The quantitative estimate of drug-likeness (QED) is 0.590. The number of thiazole rings is 1. The molecule has 0 unspecified atom stereocenters. The summed E-state index contributed by atoms with van der Waals surface area (Å²) in [6.45, 7) is 0. The summed E-state index contributed by atoms with van der Waals surface area (Å²) in [4.78, 5) is 4.51. The third kappa shape index (κ3) is 1.92. The maximum Gasteiger partial charge on any atom is 0.180 e. The van der Waals surface area contributed by atoms with E-state index in [1.165, 1.54) is 33.5 Å². The summed E-state index contributed by atoms with van der Waals surface area (Å²) in [7, 11) is 2.10. The van der Waals surface area contributed by atoms with Gasteiger partial charge >= 0.3 is 0 Å². The van der Waals surface area contributed by atoms with Gasteiger partial charge in [-0.25, -0.2) is 4.98 Å². The Labute approximate surface area is 132 Å². The molecule has 0 saturated heterocycles. The maximum atomic E-state index is 5.86. The van der Waals surface area contributed by atoms with Crippen LogP contribution in [0.25, 0.3) is 33.4 Å². The molecule has 0 radical (unpaired) electrons. The van der Waals surface area contributed by atoms with Crippen LogP contribution in [0.2, 0.25) is 0 Å². The van der Waals surface area contributed by atoms with Crippen LogP contribution in [0.4, 0.5) is 5.13 Å². The molecule has 0 fully saturated rings. The Morgan fingerprint density at radius 1 is 1.00 bits per heavy atom. The van der Waals surface area contributed by atoms with Crippen LogP contribution in [0.5, 0.6) is 0 Å². The number of aromatic nitrogens is 2. The summed E-state index contributed by atoms with van der Waals surface area (Å²) in [5, 5.41) is 3.83. The van der Waals surface area contributed by atoms with E-state index in [-0.39, 0.29) is 0 Å². The molecule has 4 rings (SSSR count). The highest BCUT2D eigenvalue weighted by molar-refractivity contribution is 7.13. The van der Waals surface area contributed by atoms with Crippen LogP contribution in [-0.4, -0.2) is 9.55 Å². The summed E-state index contributed by atoms with van der Waals surface area (Å²) in [6, 6.07) is 18.8. The largest absolute Gasteiger partial charge is 0.375 e. The molecule has 3 nitrogen and oxygen atoms in total. The fraction of sp³-hybridized carbons (Fsp3) is 0.0556. The highest BCUT2D eigenvalue weighted by Gasteiger charge is 2.19. The van der Waals surface area contributed by atoms with Crippen molar-refractivity contribution in [2.75, 3.05) is 5.73 Å². The molecule has 108 valence electrons.